The number of carboxylic acid groups (broad SMARTS) is 1. The Balaban J connectivity index is 2.54. The summed E-state index contributed by atoms with van der Waals surface area (Å²) in [5.41, 5.74) is 1.41. The van der Waals surface area contributed by atoms with Crippen molar-refractivity contribution in [2.24, 2.45) is 0 Å². The number of rotatable bonds is 4. The van der Waals surface area contributed by atoms with E-state index in [1.54, 1.807) is 54.6 Å². The van der Waals surface area contributed by atoms with Crippen LogP contribution in [0, 0.1) is 0 Å². The van der Waals surface area contributed by atoms with Crippen molar-refractivity contribution >= 4 is 29.2 Å². The molecule has 0 spiro atoms. The molecule has 3 nitrogen and oxygen atoms in total. The number of para-hydroxylation sites is 1. The van der Waals surface area contributed by atoms with E-state index in [9.17, 15) is 9.90 Å². The number of carbonyl (C=O) groups is 1. The lowest BCUT2D eigenvalue weighted by Crippen LogP contribution is -2.01. The molecule has 0 amide bonds. The van der Waals surface area contributed by atoms with Gasteiger partial charge in [0.2, 0.25) is 0 Å². The van der Waals surface area contributed by atoms with Crippen LogP contribution >= 0.6 is 11.6 Å². The third kappa shape index (κ3) is 3.19. The van der Waals surface area contributed by atoms with Crippen molar-refractivity contribution in [2.45, 2.75) is 0 Å². The van der Waals surface area contributed by atoms with Gasteiger partial charge in [0.1, 0.15) is 5.75 Å². The van der Waals surface area contributed by atoms with E-state index in [1.807, 2.05) is 0 Å². The Morgan fingerprint density at radius 1 is 1.20 bits per heavy atom. The molecule has 0 saturated carbocycles. The molecule has 0 heterocycles. The highest BCUT2D eigenvalue weighted by molar-refractivity contribution is 6.30. The predicted octanol–water partition coefficient (Wildman–Crippen LogP) is 3.97. The second-order valence-electron chi connectivity index (χ2n) is 4.12. The Labute approximate surface area is 122 Å². The third-order valence-electron chi connectivity index (χ3n) is 2.79. The summed E-state index contributed by atoms with van der Waals surface area (Å²) in [7, 11) is 1.51. The summed E-state index contributed by atoms with van der Waals surface area (Å²) in [6.45, 7) is 0. The van der Waals surface area contributed by atoms with E-state index < -0.39 is 5.97 Å². The first-order valence-electron chi connectivity index (χ1n) is 5.96. The smallest absolute Gasteiger partial charge is 0.336 e. The highest BCUT2D eigenvalue weighted by atomic mass is 35.5. The zero-order chi connectivity index (χ0) is 14.5. The molecule has 2 aromatic carbocycles. The monoisotopic (exact) mass is 288 g/mol. The van der Waals surface area contributed by atoms with Gasteiger partial charge in [-0.1, -0.05) is 41.9 Å². The third-order valence-corrected chi connectivity index (χ3v) is 3.02. The summed E-state index contributed by atoms with van der Waals surface area (Å²) in [5, 5.41) is 9.98. The number of carboxylic acids is 1. The van der Waals surface area contributed by atoms with Crippen LogP contribution in [0.3, 0.4) is 0 Å². The van der Waals surface area contributed by atoms with Crippen LogP contribution < -0.4 is 4.74 Å². The van der Waals surface area contributed by atoms with Gasteiger partial charge in [-0.3, -0.25) is 0 Å². The van der Waals surface area contributed by atoms with Crippen molar-refractivity contribution in [1.82, 2.24) is 0 Å². The molecule has 0 unspecified atom stereocenters. The molecule has 0 radical (unpaired) electrons. The average Bonchev–Trinajstić information content (AvgIpc) is 2.44. The Bertz CT molecular complexity index is 662. The minimum Gasteiger partial charge on any atom is -0.496 e. The highest BCUT2D eigenvalue weighted by Crippen LogP contribution is 2.28. The van der Waals surface area contributed by atoms with E-state index in [2.05, 4.69) is 0 Å². The molecule has 2 aromatic rings. The maximum Gasteiger partial charge on any atom is 0.336 e. The van der Waals surface area contributed by atoms with E-state index in [4.69, 9.17) is 16.3 Å². The number of benzene rings is 2. The zero-order valence-corrected chi connectivity index (χ0v) is 11.6. The van der Waals surface area contributed by atoms with Crippen LogP contribution in [0.25, 0.3) is 11.6 Å². The fourth-order valence-electron chi connectivity index (χ4n) is 1.88. The molecule has 0 bridgehead atoms. The lowest BCUT2D eigenvalue weighted by atomic mass is 10.0. The molecule has 0 atom stereocenters. The van der Waals surface area contributed by atoms with Crippen LogP contribution in [0.2, 0.25) is 5.02 Å². The molecular weight excluding hydrogens is 276 g/mol. The summed E-state index contributed by atoms with van der Waals surface area (Å²) >= 11 is 5.91. The van der Waals surface area contributed by atoms with Gasteiger partial charge >= 0.3 is 5.97 Å². The van der Waals surface area contributed by atoms with Crippen LogP contribution in [-0.4, -0.2) is 18.2 Å². The molecule has 0 saturated heterocycles. The van der Waals surface area contributed by atoms with Crippen LogP contribution in [0.15, 0.2) is 48.5 Å². The molecular formula is C16H13ClO3. The topological polar surface area (TPSA) is 46.5 Å². The van der Waals surface area contributed by atoms with Gasteiger partial charge in [-0.15, -0.1) is 0 Å². The van der Waals surface area contributed by atoms with Gasteiger partial charge in [0, 0.05) is 10.6 Å². The first-order valence-corrected chi connectivity index (χ1v) is 6.33. The summed E-state index contributed by atoms with van der Waals surface area (Å²) < 4.78 is 5.21. The fourth-order valence-corrected chi connectivity index (χ4v) is 2.08. The quantitative estimate of drug-likeness (QED) is 0.684. The largest absolute Gasteiger partial charge is 0.496 e. The van der Waals surface area contributed by atoms with E-state index >= 15 is 0 Å². The standard InChI is InChI=1S/C16H13ClO3/c1-20-15-8-3-2-7-13(15)14(16(18)19)10-11-5-4-6-12(17)9-11/h2-10H,1H3,(H,18,19). The molecule has 0 aromatic heterocycles. The summed E-state index contributed by atoms with van der Waals surface area (Å²) in [6.07, 6.45) is 1.58. The molecule has 0 aliphatic carbocycles. The van der Waals surface area contributed by atoms with Gasteiger partial charge < -0.3 is 9.84 Å². The lowest BCUT2D eigenvalue weighted by molar-refractivity contribution is -0.130. The van der Waals surface area contributed by atoms with Crippen molar-refractivity contribution in [1.29, 1.82) is 0 Å². The second kappa shape index (κ2) is 6.26. The summed E-state index contributed by atoms with van der Waals surface area (Å²) in [6, 6.07) is 14.0. The van der Waals surface area contributed by atoms with Crippen LogP contribution in [-0.2, 0) is 4.79 Å². The number of methoxy groups -OCH3 is 1. The van der Waals surface area contributed by atoms with Crippen molar-refractivity contribution in [3.05, 3.63) is 64.7 Å². The van der Waals surface area contributed by atoms with Crippen LogP contribution in [0.5, 0.6) is 5.75 Å². The molecule has 2 rings (SSSR count). The van der Waals surface area contributed by atoms with Gasteiger partial charge in [-0.25, -0.2) is 4.79 Å². The van der Waals surface area contributed by atoms with E-state index in [-0.39, 0.29) is 5.57 Å². The van der Waals surface area contributed by atoms with Gasteiger partial charge in [0.15, 0.2) is 0 Å². The Hall–Kier alpha value is -2.26. The number of hydrogen-bond acceptors (Lipinski definition) is 2. The number of ether oxygens (including phenoxy) is 1. The molecule has 4 heteroatoms. The predicted molar refractivity (Wildman–Crippen MR) is 80.0 cm³/mol. The fraction of sp³-hybridized carbons (Fsp3) is 0.0625. The van der Waals surface area contributed by atoms with Crippen LogP contribution in [0.1, 0.15) is 11.1 Å². The van der Waals surface area contributed by atoms with Gasteiger partial charge in [-0.05, 0) is 29.8 Å². The Morgan fingerprint density at radius 3 is 2.60 bits per heavy atom. The van der Waals surface area contributed by atoms with E-state index in [0.29, 0.717) is 16.3 Å². The second-order valence-corrected chi connectivity index (χ2v) is 4.55. The van der Waals surface area contributed by atoms with E-state index in [0.717, 1.165) is 5.56 Å². The normalized spacial score (nSPS) is 11.2. The highest BCUT2D eigenvalue weighted by Gasteiger charge is 2.14. The van der Waals surface area contributed by atoms with Crippen LogP contribution in [0.4, 0.5) is 0 Å². The van der Waals surface area contributed by atoms with Gasteiger partial charge in [0.25, 0.3) is 0 Å². The van der Waals surface area contributed by atoms with E-state index in [1.165, 1.54) is 7.11 Å². The first-order chi connectivity index (χ1) is 9.61. The number of aliphatic carboxylic acids is 1. The Kier molecular flexibility index (Phi) is 4.43. The van der Waals surface area contributed by atoms with Crippen molar-refractivity contribution in [3.8, 4) is 5.75 Å². The molecule has 102 valence electrons. The maximum absolute atomic E-state index is 11.5. The average molecular weight is 289 g/mol. The Morgan fingerprint density at radius 2 is 1.95 bits per heavy atom. The van der Waals surface area contributed by atoms with Crippen molar-refractivity contribution < 1.29 is 14.6 Å². The number of halogens is 1. The molecule has 1 N–H and O–H groups in total. The van der Waals surface area contributed by atoms with Crippen molar-refractivity contribution in [2.75, 3.05) is 7.11 Å². The maximum atomic E-state index is 11.5. The summed E-state index contributed by atoms with van der Waals surface area (Å²) in [5.74, 6) is -0.502. The lowest BCUT2D eigenvalue weighted by Gasteiger charge is -2.09. The summed E-state index contributed by atoms with van der Waals surface area (Å²) in [4.78, 5) is 11.5. The van der Waals surface area contributed by atoms with Gasteiger partial charge in [-0.2, -0.15) is 0 Å². The zero-order valence-electron chi connectivity index (χ0n) is 10.8. The molecule has 0 aliphatic rings. The SMILES string of the molecule is COc1ccccc1C(=Cc1cccc(Cl)c1)C(=O)O. The first kappa shape index (κ1) is 14.2. The van der Waals surface area contributed by atoms with Crippen molar-refractivity contribution in [3.63, 3.8) is 0 Å². The minimum absolute atomic E-state index is 0.157. The minimum atomic E-state index is -1.02. The number of hydrogen-bond donors (Lipinski definition) is 1. The molecule has 20 heavy (non-hydrogen) atoms. The molecule has 0 fully saturated rings. The molecule has 0 aliphatic heterocycles. The van der Waals surface area contributed by atoms with Gasteiger partial charge in [0.05, 0.1) is 12.7 Å².